The van der Waals surface area contributed by atoms with Crippen LogP contribution in [0.15, 0.2) is 59.7 Å². The van der Waals surface area contributed by atoms with Crippen molar-refractivity contribution in [1.29, 1.82) is 10.5 Å². The smallest absolute Gasteiger partial charge is 0.237 e. The van der Waals surface area contributed by atoms with Crippen LogP contribution >= 0.6 is 0 Å². The summed E-state index contributed by atoms with van der Waals surface area (Å²) in [4.78, 5) is 0. The normalized spacial score (nSPS) is 8.90. The van der Waals surface area contributed by atoms with Crippen LogP contribution in [0.3, 0.4) is 0 Å². The molecule has 0 bridgehead atoms. The van der Waals surface area contributed by atoms with Gasteiger partial charge in [0, 0.05) is 0 Å². The Labute approximate surface area is 116 Å². The summed E-state index contributed by atoms with van der Waals surface area (Å²) in [7, 11) is 0. The van der Waals surface area contributed by atoms with Gasteiger partial charge in [-0.15, -0.1) is 0 Å². The van der Waals surface area contributed by atoms with Crippen LogP contribution in [0.5, 0.6) is 11.5 Å². The van der Waals surface area contributed by atoms with Gasteiger partial charge in [-0.05, 0) is 36.4 Å². The van der Waals surface area contributed by atoms with E-state index in [1.165, 1.54) is 0 Å². The second kappa shape index (κ2) is 6.58. The summed E-state index contributed by atoms with van der Waals surface area (Å²) in [6.07, 6.45) is 0. The van der Waals surface area contributed by atoms with Crippen molar-refractivity contribution in [1.82, 2.24) is 0 Å². The number of rotatable bonds is 4. The lowest BCUT2D eigenvalue weighted by Crippen LogP contribution is -1.96. The molecule has 2 aromatic carbocycles. The first kappa shape index (κ1) is 13.1. The van der Waals surface area contributed by atoms with Crippen molar-refractivity contribution in [2.75, 3.05) is 5.43 Å². The number of nitriles is 2. The van der Waals surface area contributed by atoms with Gasteiger partial charge in [0.15, 0.2) is 0 Å². The van der Waals surface area contributed by atoms with Gasteiger partial charge in [-0.2, -0.15) is 15.6 Å². The Morgan fingerprint density at radius 1 is 0.900 bits per heavy atom. The maximum Gasteiger partial charge on any atom is 0.237 e. The molecule has 0 aliphatic rings. The Kier molecular flexibility index (Phi) is 4.32. The maximum atomic E-state index is 8.55. The molecule has 96 valence electrons. The molecule has 2 aromatic rings. The summed E-state index contributed by atoms with van der Waals surface area (Å²) in [5, 5.41) is 20.7. The third-order valence-corrected chi connectivity index (χ3v) is 2.34. The number of ether oxygens (including phenoxy) is 1. The van der Waals surface area contributed by atoms with E-state index in [4.69, 9.17) is 15.3 Å². The number of hydrogen-bond acceptors (Lipinski definition) is 5. The molecular formula is C15H10N4O. The lowest BCUT2D eigenvalue weighted by atomic mass is 10.3. The molecule has 0 atom stereocenters. The highest BCUT2D eigenvalue weighted by molar-refractivity contribution is 6.10. The van der Waals surface area contributed by atoms with Crippen LogP contribution < -0.4 is 10.2 Å². The van der Waals surface area contributed by atoms with Crippen LogP contribution in [0, 0.1) is 22.7 Å². The number of hydrogen-bond donors (Lipinski definition) is 1. The molecule has 2 rings (SSSR count). The summed E-state index contributed by atoms with van der Waals surface area (Å²) < 4.78 is 5.63. The van der Waals surface area contributed by atoms with Gasteiger partial charge in [0.05, 0.1) is 5.69 Å². The Hall–Kier alpha value is -3.31. The molecule has 5 heteroatoms. The second-order valence-electron chi connectivity index (χ2n) is 3.74. The summed E-state index contributed by atoms with van der Waals surface area (Å²) in [5.74, 6) is 1.44. The molecule has 1 N–H and O–H groups in total. The number of hydrazone groups is 1. The minimum atomic E-state index is -0.227. The summed E-state index contributed by atoms with van der Waals surface area (Å²) in [5.41, 5.74) is 3.06. The highest BCUT2D eigenvalue weighted by Crippen LogP contribution is 2.22. The van der Waals surface area contributed by atoms with Crippen molar-refractivity contribution < 1.29 is 4.74 Å². The fraction of sp³-hybridized carbons (Fsp3) is 0. The van der Waals surface area contributed by atoms with Gasteiger partial charge in [-0.1, -0.05) is 18.2 Å². The Bertz CT molecular complexity index is 663. The Morgan fingerprint density at radius 2 is 1.50 bits per heavy atom. The number of nitrogens with zero attached hydrogens (tertiary/aromatic N) is 3. The standard InChI is InChI=1S/C15H10N4O/c16-10-13(11-17)19-18-12-6-8-15(9-7-12)20-14-4-2-1-3-5-14/h1-9,18H. The van der Waals surface area contributed by atoms with Gasteiger partial charge in [0.1, 0.15) is 23.6 Å². The molecule has 20 heavy (non-hydrogen) atoms. The first-order valence-corrected chi connectivity index (χ1v) is 5.78. The zero-order valence-corrected chi connectivity index (χ0v) is 10.4. The van der Waals surface area contributed by atoms with E-state index in [9.17, 15) is 0 Å². The highest BCUT2D eigenvalue weighted by atomic mass is 16.5. The van der Waals surface area contributed by atoms with Gasteiger partial charge < -0.3 is 4.74 Å². The van der Waals surface area contributed by atoms with Crippen LogP contribution in [-0.4, -0.2) is 5.71 Å². The van der Waals surface area contributed by atoms with Crippen LogP contribution in [0.2, 0.25) is 0 Å². The molecule has 0 heterocycles. The lowest BCUT2D eigenvalue weighted by molar-refractivity contribution is 0.483. The molecule has 0 fully saturated rings. The summed E-state index contributed by atoms with van der Waals surface area (Å²) in [6.45, 7) is 0. The average molecular weight is 262 g/mol. The molecule has 0 radical (unpaired) electrons. The first-order chi connectivity index (χ1) is 9.81. The zero-order valence-electron chi connectivity index (χ0n) is 10.4. The molecule has 0 amide bonds. The van der Waals surface area contributed by atoms with Crippen molar-refractivity contribution in [2.45, 2.75) is 0 Å². The summed E-state index contributed by atoms with van der Waals surface area (Å²) >= 11 is 0. The van der Waals surface area contributed by atoms with Crippen LogP contribution in [0.1, 0.15) is 0 Å². The molecule has 0 saturated heterocycles. The van der Waals surface area contributed by atoms with Crippen LogP contribution in [0.4, 0.5) is 5.69 Å². The largest absolute Gasteiger partial charge is 0.457 e. The Balaban J connectivity index is 2.02. The van der Waals surface area contributed by atoms with Crippen molar-refractivity contribution in [3.63, 3.8) is 0 Å². The zero-order chi connectivity index (χ0) is 14.2. The molecule has 0 aromatic heterocycles. The predicted octanol–water partition coefficient (Wildman–Crippen LogP) is 3.29. The van der Waals surface area contributed by atoms with Gasteiger partial charge in [-0.3, -0.25) is 5.43 Å². The first-order valence-electron chi connectivity index (χ1n) is 5.78. The van der Waals surface area contributed by atoms with E-state index in [0.717, 1.165) is 5.75 Å². The number of anilines is 1. The quantitative estimate of drug-likeness (QED) is 0.677. The van der Waals surface area contributed by atoms with Crippen molar-refractivity contribution in [3.8, 4) is 23.6 Å². The van der Waals surface area contributed by atoms with Crippen molar-refractivity contribution in [2.24, 2.45) is 5.10 Å². The van der Waals surface area contributed by atoms with Gasteiger partial charge >= 0.3 is 0 Å². The average Bonchev–Trinajstić information content (AvgIpc) is 2.51. The third-order valence-electron chi connectivity index (χ3n) is 2.34. The molecule has 5 nitrogen and oxygen atoms in total. The number of nitrogens with one attached hydrogen (secondary N) is 1. The SMILES string of the molecule is N#CC(C#N)=NNc1ccc(Oc2ccccc2)cc1. The molecule has 0 saturated carbocycles. The van der Waals surface area contributed by atoms with Crippen molar-refractivity contribution >= 4 is 11.4 Å². The van der Waals surface area contributed by atoms with E-state index in [0.29, 0.717) is 11.4 Å². The number of benzene rings is 2. The molecule has 0 aliphatic heterocycles. The predicted molar refractivity (Wildman–Crippen MR) is 75.2 cm³/mol. The fourth-order valence-electron chi connectivity index (χ4n) is 1.42. The monoisotopic (exact) mass is 262 g/mol. The topological polar surface area (TPSA) is 81.2 Å². The summed E-state index contributed by atoms with van der Waals surface area (Å²) in [6, 6.07) is 19.8. The van der Waals surface area contributed by atoms with Gasteiger partial charge in [0.25, 0.3) is 0 Å². The van der Waals surface area contributed by atoms with E-state index in [1.807, 2.05) is 30.3 Å². The molecular weight excluding hydrogens is 252 g/mol. The van der Waals surface area contributed by atoms with E-state index >= 15 is 0 Å². The molecule has 0 aliphatic carbocycles. The van der Waals surface area contributed by atoms with E-state index in [2.05, 4.69) is 10.5 Å². The minimum absolute atomic E-state index is 0.227. The van der Waals surface area contributed by atoms with Gasteiger partial charge in [-0.25, -0.2) is 0 Å². The third kappa shape index (κ3) is 3.59. The van der Waals surface area contributed by atoms with E-state index in [-0.39, 0.29) is 5.71 Å². The molecule has 0 spiro atoms. The second-order valence-corrected chi connectivity index (χ2v) is 3.74. The maximum absolute atomic E-state index is 8.55. The van der Waals surface area contributed by atoms with Crippen LogP contribution in [-0.2, 0) is 0 Å². The van der Waals surface area contributed by atoms with Crippen molar-refractivity contribution in [3.05, 3.63) is 54.6 Å². The fourth-order valence-corrected chi connectivity index (χ4v) is 1.42. The Morgan fingerprint density at radius 3 is 2.10 bits per heavy atom. The van der Waals surface area contributed by atoms with Crippen LogP contribution in [0.25, 0.3) is 0 Å². The molecule has 0 unspecified atom stereocenters. The lowest BCUT2D eigenvalue weighted by Gasteiger charge is -2.06. The van der Waals surface area contributed by atoms with E-state index < -0.39 is 0 Å². The van der Waals surface area contributed by atoms with Gasteiger partial charge in [0.2, 0.25) is 5.71 Å². The van der Waals surface area contributed by atoms with E-state index in [1.54, 1.807) is 36.4 Å². The highest BCUT2D eigenvalue weighted by Gasteiger charge is 1.98. The number of para-hydroxylation sites is 1. The minimum Gasteiger partial charge on any atom is -0.457 e.